The molecule has 0 aliphatic carbocycles. The van der Waals surface area contributed by atoms with Crippen molar-refractivity contribution in [3.8, 4) is 0 Å². The third-order valence-corrected chi connectivity index (χ3v) is 4.04. The lowest BCUT2D eigenvalue weighted by atomic mass is 9.84. The Balaban J connectivity index is 4.46. The fourth-order valence-electron chi connectivity index (χ4n) is 2.35. The van der Waals surface area contributed by atoms with E-state index in [2.05, 4.69) is 52.0 Å². The highest BCUT2D eigenvalue weighted by molar-refractivity contribution is 4.93. The fourth-order valence-corrected chi connectivity index (χ4v) is 2.35. The summed E-state index contributed by atoms with van der Waals surface area (Å²) < 4.78 is 0. The molecule has 0 rings (SSSR count). The summed E-state index contributed by atoms with van der Waals surface area (Å²) in [6.07, 6.45) is 6.50. The van der Waals surface area contributed by atoms with Crippen LogP contribution in [0.3, 0.4) is 0 Å². The Bertz CT molecular complexity index is 168. The molecule has 0 amide bonds. The van der Waals surface area contributed by atoms with Gasteiger partial charge < -0.3 is 10.2 Å². The summed E-state index contributed by atoms with van der Waals surface area (Å²) in [7, 11) is 4.40. The van der Waals surface area contributed by atoms with Crippen molar-refractivity contribution >= 4 is 0 Å². The fraction of sp³-hybridized carbons (Fsp3) is 1.00. The quantitative estimate of drug-likeness (QED) is 0.609. The number of hydrogen-bond acceptors (Lipinski definition) is 2. The number of hydrogen-bond donors (Lipinski definition) is 1. The van der Waals surface area contributed by atoms with Gasteiger partial charge in [0.25, 0.3) is 0 Å². The second kappa shape index (κ2) is 8.08. The molecule has 0 fully saturated rings. The van der Waals surface area contributed by atoms with Crippen LogP contribution in [-0.4, -0.2) is 37.1 Å². The normalized spacial score (nSPS) is 17.4. The monoisotopic (exact) mass is 228 g/mol. The Morgan fingerprint density at radius 2 is 1.75 bits per heavy atom. The largest absolute Gasteiger partial charge is 0.312 e. The molecule has 2 atom stereocenters. The van der Waals surface area contributed by atoms with Crippen LogP contribution in [0.2, 0.25) is 0 Å². The molecule has 0 heterocycles. The lowest BCUT2D eigenvalue weighted by Crippen LogP contribution is -2.56. The van der Waals surface area contributed by atoms with E-state index in [1.54, 1.807) is 0 Å². The van der Waals surface area contributed by atoms with E-state index < -0.39 is 0 Å². The molecule has 0 saturated carbocycles. The second-order valence-corrected chi connectivity index (χ2v) is 5.21. The number of nitrogens with one attached hydrogen (secondary N) is 1. The van der Waals surface area contributed by atoms with Gasteiger partial charge in [0.2, 0.25) is 0 Å². The van der Waals surface area contributed by atoms with Crippen LogP contribution in [0, 0.1) is 0 Å². The van der Waals surface area contributed by atoms with E-state index in [0.717, 1.165) is 6.54 Å². The van der Waals surface area contributed by atoms with Gasteiger partial charge in [0, 0.05) is 11.6 Å². The van der Waals surface area contributed by atoms with Gasteiger partial charge in [0.1, 0.15) is 0 Å². The Hall–Kier alpha value is -0.0800. The SMILES string of the molecule is CCCCCC(NCC)C(C)(CC)N(C)C. The Morgan fingerprint density at radius 1 is 1.12 bits per heavy atom. The van der Waals surface area contributed by atoms with Gasteiger partial charge in [0.15, 0.2) is 0 Å². The van der Waals surface area contributed by atoms with Gasteiger partial charge in [-0.1, -0.05) is 40.0 Å². The van der Waals surface area contributed by atoms with Crippen LogP contribution in [0.1, 0.15) is 59.8 Å². The molecule has 2 nitrogen and oxygen atoms in total. The van der Waals surface area contributed by atoms with E-state index >= 15 is 0 Å². The van der Waals surface area contributed by atoms with Crippen molar-refractivity contribution in [3.63, 3.8) is 0 Å². The minimum atomic E-state index is 0.281. The molecule has 0 aromatic heterocycles. The summed E-state index contributed by atoms with van der Waals surface area (Å²) in [6.45, 7) is 10.2. The predicted octanol–water partition coefficient (Wildman–Crippen LogP) is 3.28. The van der Waals surface area contributed by atoms with E-state index in [9.17, 15) is 0 Å². The Kier molecular flexibility index (Phi) is 8.04. The Morgan fingerprint density at radius 3 is 2.12 bits per heavy atom. The second-order valence-electron chi connectivity index (χ2n) is 5.21. The molecule has 1 N–H and O–H groups in total. The van der Waals surface area contributed by atoms with Crippen LogP contribution in [-0.2, 0) is 0 Å². The van der Waals surface area contributed by atoms with Gasteiger partial charge >= 0.3 is 0 Å². The van der Waals surface area contributed by atoms with Crippen molar-refractivity contribution in [2.75, 3.05) is 20.6 Å². The predicted molar refractivity (Wildman–Crippen MR) is 74.0 cm³/mol. The number of likely N-dealkylation sites (N-methyl/N-ethyl adjacent to an activating group) is 2. The van der Waals surface area contributed by atoms with Gasteiger partial charge in [-0.3, -0.25) is 0 Å². The molecular formula is C14H32N2. The summed E-state index contributed by atoms with van der Waals surface area (Å²) in [5, 5.41) is 3.67. The van der Waals surface area contributed by atoms with E-state index in [4.69, 9.17) is 0 Å². The first-order valence-corrected chi connectivity index (χ1v) is 6.93. The van der Waals surface area contributed by atoms with Crippen LogP contribution in [0.25, 0.3) is 0 Å². The van der Waals surface area contributed by atoms with Crippen LogP contribution in [0.4, 0.5) is 0 Å². The number of nitrogens with zero attached hydrogens (tertiary/aromatic N) is 1. The number of rotatable bonds is 9. The van der Waals surface area contributed by atoms with E-state index in [1.807, 2.05) is 0 Å². The van der Waals surface area contributed by atoms with Crippen molar-refractivity contribution in [2.45, 2.75) is 71.4 Å². The van der Waals surface area contributed by atoms with E-state index in [0.29, 0.717) is 6.04 Å². The van der Waals surface area contributed by atoms with E-state index in [-0.39, 0.29) is 5.54 Å². The smallest absolute Gasteiger partial charge is 0.0325 e. The van der Waals surface area contributed by atoms with Crippen LogP contribution in [0.15, 0.2) is 0 Å². The van der Waals surface area contributed by atoms with Crippen molar-refractivity contribution in [1.82, 2.24) is 10.2 Å². The number of unbranched alkanes of at least 4 members (excludes halogenated alkanes) is 2. The first-order chi connectivity index (χ1) is 7.52. The van der Waals surface area contributed by atoms with Gasteiger partial charge in [-0.25, -0.2) is 0 Å². The average Bonchev–Trinajstić information content (AvgIpc) is 2.27. The molecule has 2 heteroatoms. The maximum absolute atomic E-state index is 3.67. The van der Waals surface area contributed by atoms with Crippen molar-refractivity contribution < 1.29 is 0 Å². The van der Waals surface area contributed by atoms with Crippen molar-refractivity contribution in [3.05, 3.63) is 0 Å². The van der Waals surface area contributed by atoms with Crippen LogP contribution < -0.4 is 5.32 Å². The average molecular weight is 228 g/mol. The summed E-state index contributed by atoms with van der Waals surface area (Å²) in [6, 6.07) is 0.615. The molecule has 0 aromatic rings. The molecule has 2 unspecified atom stereocenters. The molecule has 16 heavy (non-hydrogen) atoms. The molecule has 0 spiro atoms. The van der Waals surface area contributed by atoms with Gasteiger partial charge in [0.05, 0.1) is 0 Å². The zero-order valence-corrected chi connectivity index (χ0v) is 12.3. The molecule has 0 aliphatic heterocycles. The maximum atomic E-state index is 3.67. The van der Waals surface area contributed by atoms with Crippen LogP contribution >= 0.6 is 0 Å². The van der Waals surface area contributed by atoms with Crippen LogP contribution in [0.5, 0.6) is 0 Å². The summed E-state index contributed by atoms with van der Waals surface area (Å²) in [4.78, 5) is 2.38. The minimum absolute atomic E-state index is 0.281. The van der Waals surface area contributed by atoms with E-state index in [1.165, 1.54) is 32.1 Å². The third-order valence-electron chi connectivity index (χ3n) is 4.04. The standard InChI is InChI=1S/C14H32N2/c1-7-10-11-12-13(15-9-3)14(4,8-2)16(5)6/h13,15H,7-12H2,1-6H3. The minimum Gasteiger partial charge on any atom is -0.312 e. The zero-order valence-electron chi connectivity index (χ0n) is 12.3. The first-order valence-electron chi connectivity index (χ1n) is 6.93. The highest BCUT2D eigenvalue weighted by atomic mass is 15.2. The third kappa shape index (κ3) is 4.42. The summed E-state index contributed by atoms with van der Waals surface area (Å²) in [5.74, 6) is 0. The highest BCUT2D eigenvalue weighted by Crippen LogP contribution is 2.24. The molecular weight excluding hydrogens is 196 g/mol. The molecule has 0 saturated heterocycles. The molecule has 0 bridgehead atoms. The van der Waals surface area contributed by atoms with Gasteiger partial charge in [-0.2, -0.15) is 0 Å². The van der Waals surface area contributed by atoms with Gasteiger partial charge in [-0.15, -0.1) is 0 Å². The molecule has 98 valence electrons. The lowest BCUT2D eigenvalue weighted by Gasteiger charge is -2.43. The topological polar surface area (TPSA) is 15.3 Å². The highest BCUT2D eigenvalue weighted by Gasteiger charge is 2.33. The van der Waals surface area contributed by atoms with Crippen molar-refractivity contribution in [2.24, 2.45) is 0 Å². The zero-order chi connectivity index (χ0) is 12.6. The maximum Gasteiger partial charge on any atom is 0.0325 e. The lowest BCUT2D eigenvalue weighted by molar-refractivity contribution is 0.107. The molecule has 0 aliphatic rings. The summed E-state index contributed by atoms with van der Waals surface area (Å²) >= 11 is 0. The Labute approximate surface area is 103 Å². The molecule has 0 aromatic carbocycles. The molecule has 0 radical (unpaired) electrons. The summed E-state index contributed by atoms with van der Waals surface area (Å²) in [5.41, 5.74) is 0.281. The van der Waals surface area contributed by atoms with Crippen molar-refractivity contribution in [1.29, 1.82) is 0 Å². The first kappa shape index (κ1) is 15.9. The van der Waals surface area contributed by atoms with Gasteiger partial charge in [-0.05, 0) is 40.4 Å².